The van der Waals surface area contributed by atoms with E-state index in [-0.39, 0.29) is 6.10 Å². The van der Waals surface area contributed by atoms with Gasteiger partial charge in [-0.2, -0.15) is 5.26 Å². The summed E-state index contributed by atoms with van der Waals surface area (Å²) in [6, 6.07) is 15.7. The Balaban J connectivity index is 1.45. The van der Waals surface area contributed by atoms with Crippen LogP contribution in [0.2, 0.25) is 0 Å². The van der Waals surface area contributed by atoms with Crippen LogP contribution in [0.1, 0.15) is 37.8 Å². The van der Waals surface area contributed by atoms with Gasteiger partial charge in [0.25, 0.3) is 0 Å². The van der Waals surface area contributed by atoms with E-state index >= 15 is 0 Å². The van der Waals surface area contributed by atoms with Crippen LogP contribution >= 0.6 is 0 Å². The molecule has 37 heavy (non-hydrogen) atoms. The van der Waals surface area contributed by atoms with Crippen molar-refractivity contribution in [1.82, 2.24) is 14.9 Å². The molecule has 0 aliphatic carbocycles. The van der Waals surface area contributed by atoms with Crippen molar-refractivity contribution in [2.24, 2.45) is 0 Å². The van der Waals surface area contributed by atoms with Crippen molar-refractivity contribution >= 4 is 11.6 Å². The van der Waals surface area contributed by atoms with E-state index in [9.17, 15) is 5.26 Å². The molecule has 0 bridgehead atoms. The zero-order valence-corrected chi connectivity index (χ0v) is 21.9. The van der Waals surface area contributed by atoms with Gasteiger partial charge in [0.05, 0.1) is 24.5 Å². The Kier molecular flexibility index (Phi) is 9.30. The molecule has 8 nitrogen and oxygen atoms in total. The van der Waals surface area contributed by atoms with Crippen LogP contribution in [0.3, 0.4) is 0 Å². The summed E-state index contributed by atoms with van der Waals surface area (Å²) in [6.45, 7) is 11.3. The largest absolute Gasteiger partial charge is 0.492 e. The minimum absolute atomic E-state index is 0.0714. The highest BCUT2D eigenvalue weighted by atomic mass is 16.5. The maximum absolute atomic E-state index is 9.72. The van der Waals surface area contributed by atoms with Crippen molar-refractivity contribution < 1.29 is 14.2 Å². The fraction of sp³-hybridized carbons (Fsp3) is 0.414. The second-order valence-corrected chi connectivity index (χ2v) is 9.00. The molecule has 194 valence electrons. The highest BCUT2D eigenvalue weighted by Gasteiger charge is 2.17. The molecule has 4 rings (SSSR count). The predicted octanol–water partition coefficient (Wildman–Crippen LogP) is 5.35. The number of rotatable bonds is 11. The summed E-state index contributed by atoms with van der Waals surface area (Å²) in [5.41, 5.74) is 3.95. The maximum atomic E-state index is 9.72. The van der Waals surface area contributed by atoms with Crippen LogP contribution < -0.4 is 14.8 Å². The lowest BCUT2D eigenvalue weighted by atomic mass is 10.1. The lowest BCUT2D eigenvalue weighted by Gasteiger charge is -2.23. The summed E-state index contributed by atoms with van der Waals surface area (Å²) in [5, 5.41) is 13.0. The number of hydrogen-bond donors (Lipinski definition) is 1. The number of nitrogens with zero attached hydrogens (tertiary/aromatic N) is 4. The van der Waals surface area contributed by atoms with E-state index in [4.69, 9.17) is 14.2 Å². The Labute approximate surface area is 219 Å². The fourth-order valence-corrected chi connectivity index (χ4v) is 4.22. The van der Waals surface area contributed by atoms with E-state index in [0.717, 1.165) is 60.7 Å². The highest BCUT2D eigenvalue weighted by molar-refractivity contribution is 5.66. The molecule has 1 saturated heterocycles. The molecule has 1 aliphatic rings. The monoisotopic (exact) mass is 501 g/mol. The third-order valence-electron chi connectivity index (χ3n) is 6.52. The van der Waals surface area contributed by atoms with Gasteiger partial charge < -0.3 is 24.4 Å². The predicted molar refractivity (Wildman–Crippen MR) is 144 cm³/mol. The van der Waals surface area contributed by atoms with Gasteiger partial charge in [0.15, 0.2) is 0 Å². The molecule has 2 aromatic carbocycles. The molecular weight excluding hydrogens is 466 g/mol. The zero-order valence-electron chi connectivity index (χ0n) is 21.9. The van der Waals surface area contributed by atoms with E-state index in [2.05, 4.69) is 40.1 Å². The van der Waals surface area contributed by atoms with Crippen molar-refractivity contribution in [3.05, 3.63) is 59.8 Å². The summed E-state index contributed by atoms with van der Waals surface area (Å²) in [4.78, 5) is 11.4. The van der Waals surface area contributed by atoms with Crippen molar-refractivity contribution in [1.29, 1.82) is 5.26 Å². The first-order valence-corrected chi connectivity index (χ1v) is 12.9. The van der Waals surface area contributed by atoms with Crippen LogP contribution in [0.4, 0.5) is 11.6 Å². The van der Waals surface area contributed by atoms with Gasteiger partial charge >= 0.3 is 0 Å². The van der Waals surface area contributed by atoms with Crippen LogP contribution in [0.5, 0.6) is 11.5 Å². The molecule has 1 N–H and O–H groups in total. The first-order valence-electron chi connectivity index (χ1n) is 12.9. The second-order valence-electron chi connectivity index (χ2n) is 9.00. The van der Waals surface area contributed by atoms with Gasteiger partial charge in [0.1, 0.15) is 30.3 Å². The van der Waals surface area contributed by atoms with Crippen molar-refractivity contribution in [2.75, 3.05) is 44.8 Å². The number of aromatic nitrogens is 2. The van der Waals surface area contributed by atoms with Gasteiger partial charge in [-0.3, -0.25) is 0 Å². The summed E-state index contributed by atoms with van der Waals surface area (Å²) < 4.78 is 17.5. The van der Waals surface area contributed by atoms with Crippen molar-refractivity contribution in [2.45, 2.75) is 39.7 Å². The minimum Gasteiger partial charge on any atom is -0.492 e. The molecule has 8 heteroatoms. The summed E-state index contributed by atoms with van der Waals surface area (Å²) in [5.74, 6) is 1.90. The normalized spacial score (nSPS) is 13.8. The van der Waals surface area contributed by atoms with Gasteiger partial charge in [-0.05, 0) is 55.9 Å². The molecule has 0 spiro atoms. The number of ether oxygens (including phenoxy) is 3. The van der Waals surface area contributed by atoms with Crippen molar-refractivity contribution in [3.8, 4) is 28.8 Å². The van der Waals surface area contributed by atoms with Gasteiger partial charge in [0, 0.05) is 42.9 Å². The Morgan fingerprint density at radius 3 is 2.65 bits per heavy atom. The first-order chi connectivity index (χ1) is 18.1. The zero-order chi connectivity index (χ0) is 26.0. The quantitative estimate of drug-likeness (QED) is 0.376. The van der Waals surface area contributed by atoms with Crippen LogP contribution in [-0.4, -0.2) is 60.4 Å². The maximum Gasteiger partial charge on any atom is 0.227 e. The lowest BCUT2D eigenvalue weighted by Crippen LogP contribution is -2.28. The molecule has 1 aliphatic heterocycles. The van der Waals surface area contributed by atoms with Crippen LogP contribution in [0.15, 0.2) is 48.7 Å². The Morgan fingerprint density at radius 1 is 1.08 bits per heavy atom. The molecule has 0 atom stereocenters. The number of anilines is 2. The topological polar surface area (TPSA) is 92.5 Å². The molecule has 0 amide bonds. The first kappa shape index (κ1) is 26.4. The average Bonchev–Trinajstić information content (AvgIpc) is 2.93. The number of aryl methyl sites for hydroxylation is 1. The summed E-state index contributed by atoms with van der Waals surface area (Å²) in [6.07, 6.45) is 3.44. The third-order valence-corrected chi connectivity index (χ3v) is 6.52. The number of hydrogen-bond acceptors (Lipinski definition) is 8. The van der Waals surface area contributed by atoms with Crippen molar-refractivity contribution in [3.63, 3.8) is 0 Å². The van der Waals surface area contributed by atoms with Crippen LogP contribution in [0, 0.1) is 18.3 Å². The number of benzene rings is 2. The SMILES string of the molecule is CCN(CC)CCOc1cc(Nc2nccc(-c3ccc(OC4CCOCC4)c(C#N)c3)n2)ccc1C. The summed E-state index contributed by atoms with van der Waals surface area (Å²) >= 11 is 0. The van der Waals surface area contributed by atoms with Gasteiger partial charge in [-0.25, -0.2) is 9.97 Å². The van der Waals surface area contributed by atoms with Crippen LogP contribution in [0.25, 0.3) is 11.3 Å². The molecular formula is C29H35N5O3. The minimum atomic E-state index is 0.0714. The average molecular weight is 502 g/mol. The lowest BCUT2D eigenvalue weighted by molar-refractivity contribution is 0.0254. The molecule has 2 heterocycles. The van der Waals surface area contributed by atoms with E-state index in [1.807, 2.05) is 49.4 Å². The van der Waals surface area contributed by atoms with E-state index in [1.54, 1.807) is 6.20 Å². The smallest absolute Gasteiger partial charge is 0.227 e. The number of nitriles is 1. The molecule has 1 aromatic heterocycles. The molecule has 3 aromatic rings. The highest BCUT2D eigenvalue weighted by Crippen LogP contribution is 2.29. The second kappa shape index (κ2) is 13.0. The molecule has 1 fully saturated rings. The van der Waals surface area contributed by atoms with Gasteiger partial charge in [0.2, 0.25) is 5.95 Å². The molecule has 0 unspecified atom stereocenters. The summed E-state index contributed by atoms with van der Waals surface area (Å²) in [7, 11) is 0. The van der Waals surface area contributed by atoms with E-state index < -0.39 is 0 Å². The Morgan fingerprint density at radius 2 is 1.89 bits per heavy atom. The number of nitrogens with one attached hydrogen (secondary N) is 1. The van der Waals surface area contributed by atoms with E-state index in [1.165, 1.54) is 0 Å². The fourth-order valence-electron chi connectivity index (χ4n) is 4.22. The van der Waals surface area contributed by atoms with Gasteiger partial charge in [-0.15, -0.1) is 0 Å². The molecule has 0 radical (unpaired) electrons. The number of likely N-dealkylation sites (N-methyl/N-ethyl adjacent to an activating group) is 1. The molecule has 0 saturated carbocycles. The van der Waals surface area contributed by atoms with E-state index in [0.29, 0.717) is 37.1 Å². The van der Waals surface area contributed by atoms with Crippen LogP contribution in [-0.2, 0) is 4.74 Å². The Hall–Kier alpha value is -3.67. The standard InChI is InChI=1S/C29H35N5O3/c1-4-34(5-2)14-17-36-28-19-24(8-6-21(28)3)32-29-31-13-10-26(33-29)22-7-9-27(23(18-22)20-30)37-25-11-15-35-16-12-25/h6-10,13,18-19,25H,4-5,11-12,14-17H2,1-3H3,(H,31,32,33). The van der Waals surface area contributed by atoms with Gasteiger partial charge in [-0.1, -0.05) is 19.9 Å². The Bertz CT molecular complexity index is 1220. The third kappa shape index (κ3) is 7.19.